The van der Waals surface area contributed by atoms with Crippen LogP contribution in [0.4, 0.5) is 0 Å². The van der Waals surface area contributed by atoms with Gasteiger partial charge in [-0.25, -0.2) is 0 Å². The maximum atomic E-state index is 12.0. The van der Waals surface area contributed by atoms with Crippen LogP contribution in [0, 0.1) is 11.8 Å². The second-order valence-electron chi connectivity index (χ2n) is 5.81. The Balaban J connectivity index is 1.95. The molecule has 2 unspecified atom stereocenters. The Morgan fingerprint density at radius 1 is 1.32 bits per heavy atom. The van der Waals surface area contributed by atoms with Crippen molar-refractivity contribution < 1.29 is 22.2 Å². The Hall–Kier alpha value is -1.69. The molecule has 0 amide bonds. The Morgan fingerprint density at radius 2 is 2.00 bits per heavy atom. The van der Waals surface area contributed by atoms with Crippen molar-refractivity contribution in [3.63, 3.8) is 0 Å². The summed E-state index contributed by atoms with van der Waals surface area (Å²) in [6.07, 6.45) is 3.30. The van der Waals surface area contributed by atoms with Gasteiger partial charge in [0.25, 0.3) is 0 Å². The Labute approximate surface area is 130 Å². The van der Waals surface area contributed by atoms with Crippen molar-refractivity contribution in [2.75, 3.05) is 0 Å². The minimum atomic E-state index is -4.07. The van der Waals surface area contributed by atoms with Gasteiger partial charge in [-0.2, -0.15) is 8.42 Å². The summed E-state index contributed by atoms with van der Waals surface area (Å²) in [5.41, 5.74) is 0. The number of benzene rings is 1. The highest BCUT2D eigenvalue weighted by atomic mass is 32.2. The molecule has 0 saturated heterocycles. The first-order chi connectivity index (χ1) is 10.4. The lowest BCUT2D eigenvalue weighted by Gasteiger charge is -2.22. The van der Waals surface area contributed by atoms with Crippen LogP contribution in [0.5, 0.6) is 0 Å². The highest BCUT2D eigenvalue weighted by Crippen LogP contribution is 2.28. The summed E-state index contributed by atoms with van der Waals surface area (Å²) in [6.45, 7) is 1.64. The Morgan fingerprint density at radius 3 is 2.64 bits per heavy atom. The molecule has 120 valence electrons. The lowest BCUT2D eigenvalue weighted by Crippen LogP contribution is -2.24. The van der Waals surface area contributed by atoms with E-state index in [-0.39, 0.29) is 16.6 Å². The molecule has 2 rings (SSSR count). The van der Waals surface area contributed by atoms with Crippen molar-refractivity contribution in [2.45, 2.75) is 43.9 Å². The number of hydrogen-bond acceptors (Lipinski definition) is 5. The van der Waals surface area contributed by atoms with Gasteiger partial charge in [-0.05, 0) is 37.3 Å². The topological polar surface area (TPSA) is 77.5 Å². The summed E-state index contributed by atoms with van der Waals surface area (Å²) in [7, 11) is -4.07. The molecular weight excluding hydrogens is 304 g/mol. The minimum absolute atomic E-state index is 0.0385. The van der Waals surface area contributed by atoms with Gasteiger partial charge in [0.1, 0.15) is 10.7 Å². The smallest absolute Gasteiger partial charge is 0.341 e. The summed E-state index contributed by atoms with van der Waals surface area (Å²) in [5.74, 6) is -0.951. The standard InChI is InChI=1S/C16H20O5S/c1-12(10-13-6-5-7-14(17)11-13)16(18)21-22(19,20)15-8-3-2-4-9-15/h2-4,8-9,12-13H,5-7,10-11H2,1H3. The van der Waals surface area contributed by atoms with Crippen molar-refractivity contribution in [3.05, 3.63) is 30.3 Å². The van der Waals surface area contributed by atoms with Crippen LogP contribution >= 0.6 is 0 Å². The first kappa shape index (κ1) is 16.7. The van der Waals surface area contributed by atoms with Crippen molar-refractivity contribution in [1.29, 1.82) is 0 Å². The number of hydrogen-bond donors (Lipinski definition) is 0. The van der Waals surface area contributed by atoms with Gasteiger partial charge in [-0.1, -0.05) is 25.1 Å². The molecule has 0 aromatic heterocycles. The SMILES string of the molecule is CC(CC1CCCC(=O)C1)C(=O)OS(=O)(=O)c1ccccc1. The van der Waals surface area contributed by atoms with Crippen LogP contribution in [0.25, 0.3) is 0 Å². The summed E-state index contributed by atoms with van der Waals surface area (Å²) in [4.78, 5) is 23.4. The van der Waals surface area contributed by atoms with Gasteiger partial charge in [0.15, 0.2) is 0 Å². The predicted molar refractivity (Wildman–Crippen MR) is 80.5 cm³/mol. The fourth-order valence-electron chi connectivity index (χ4n) is 2.74. The molecule has 1 fully saturated rings. The zero-order valence-electron chi connectivity index (χ0n) is 12.5. The number of Topliss-reactive ketones (excluding diaryl/α,β-unsaturated/α-hetero) is 1. The predicted octanol–water partition coefficient (Wildman–Crippen LogP) is 2.70. The molecule has 0 bridgehead atoms. The molecule has 2 atom stereocenters. The number of carbonyl (C=O) groups excluding carboxylic acids is 2. The van der Waals surface area contributed by atoms with Gasteiger partial charge in [0.05, 0.1) is 5.92 Å². The molecule has 0 aliphatic heterocycles. The average molecular weight is 324 g/mol. The molecular formula is C16H20O5S. The van der Waals surface area contributed by atoms with Crippen LogP contribution in [0.15, 0.2) is 35.2 Å². The van der Waals surface area contributed by atoms with E-state index in [9.17, 15) is 18.0 Å². The van der Waals surface area contributed by atoms with E-state index in [4.69, 9.17) is 4.18 Å². The van der Waals surface area contributed by atoms with Gasteiger partial charge in [-0.3, -0.25) is 9.59 Å². The van der Waals surface area contributed by atoms with E-state index < -0.39 is 22.0 Å². The molecule has 0 N–H and O–H groups in total. The molecule has 1 aromatic rings. The minimum Gasteiger partial charge on any atom is -0.342 e. The molecule has 1 aromatic carbocycles. The van der Waals surface area contributed by atoms with Crippen LogP contribution < -0.4 is 0 Å². The second-order valence-corrected chi connectivity index (χ2v) is 7.35. The summed E-state index contributed by atoms with van der Waals surface area (Å²) in [6, 6.07) is 7.58. The van der Waals surface area contributed by atoms with E-state index in [2.05, 4.69) is 0 Å². The van der Waals surface area contributed by atoms with E-state index in [1.807, 2.05) is 0 Å². The Bertz CT molecular complexity index is 636. The van der Waals surface area contributed by atoms with Crippen molar-refractivity contribution in [3.8, 4) is 0 Å². The molecule has 5 nitrogen and oxygen atoms in total. The van der Waals surface area contributed by atoms with E-state index in [0.29, 0.717) is 19.3 Å². The molecule has 1 aliphatic rings. The molecule has 0 spiro atoms. The fraction of sp³-hybridized carbons (Fsp3) is 0.500. The van der Waals surface area contributed by atoms with Crippen LogP contribution in [-0.2, 0) is 23.9 Å². The van der Waals surface area contributed by atoms with Crippen LogP contribution in [-0.4, -0.2) is 20.2 Å². The third-order valence-corrected chi connectivity index (χ3v) is 5.13. The fourth-order valence-corrected chi connectivity index (χ4v) is 3.70. The first-order valence-electron chi connectivity index (χ1n) is 7.43. The van der Waals surface area contributed by atoms with Crippen LogP contribution in [0.3, 0.4) is 0 Å². The highest BCUT2D eigenvalue weighted by Gasteiger charge is 2.28. The zero-order valence-corrected chi connectivity index (χ0v) is 13.3. The molecule has 6 heteroatoms. The van der Waals surface area contributed by atoms with E-state index in [1.54, 1.807) is 25.1 Å². The third kappa shape index (κ3) is 4.40. The highest BCUT2D eigenvalue weighted by molar-refractivity contribution is 7.87. The maximum absolute atomic E-state index is 12.0. The van der Waals surface area contributed by atoms with Gasteiger partial charge >= 0.3 is 16.1 Å². The third-order valence-electron chi connectivity index (χ3n) is 3.90. The number of ketones is 1. The number of carbonyl (C=O) groups is 2. The largest absolute Gasteiger partial charge is 0.342 e. The van der Waals surface area contributed by atoms with Gasteiger partial charge in [0.2, 0.25) is 0 Å². The van der Waals surface area contributed by atoms with Gasteiger partial charge in [0, 0.05) is 12.8 Å². The normalized spacial score (nSPS) is 20.4. The lowest BCUT2D eigenvalue weighted by molar-refractivity contribution is -0.139. The summed E-state index contributed by atoms with van der Waals surface area (Å²) in [5, 5.41) is 0. The molecule has 0 radical (unpaired) electrons. The molecule has 22 heavy (non-hydrogen) atoms. The van der Waals surface area contributed by atoms with Gasteiger partial charge in [-0.15, -0.1) is 0 Å². The van der Waals surface area contributed by atoms with Crippen molar-refractivity contribution in [2.24, 2.45) is 11.8 Å². The first-order valence-corrected chi connectivity index (χ1v) is 8.84. The van der Waals surface area contributed by atoms with E-state index in [1.165, 1.54) is 12.1 Å². The van der Waals surface area contributed by atoms with Crippen LogP contribution in [0.1, 0.15) is 39.0 Å². The number of rotatable bonds is 5. The molecule has 1 saturated carbocycles. The second kappa shape index (κ2) is 7.05. The average Bonchev–Trinajstić information content (AvgIpc) is 2.47. The van der Waals surface area contributed by atoms with E-state index in [0.717, 1.165) is 12.8 Å². The van der Waals surface area contributed by atoms with Crippen molar-refractivity contribution in [1.82, 2.24) is 0 Å². The molecule has 1 aliphatic carbocycles. The van der Waals surface area contributed by atoms with Crippen molar-refractivity contribution >= 4 is 21.9 Å². The quantitative estimate of drug-likeness (QED) is 0.778. The zero-order chi connectivity index (χ0) is 16.2. The van der Waals surface area contributed by atoms with Gasteiger partial charge < -0.3 is 4.18 Å². The molecule has 0 heterocycles. The van der Waals surface area contributed by atoms with E-state index >= 15 is 0 Å². The maximum Gasteiger partial charge on any atom is 0.341 e. The monoisotopic (exact) mass is 324 g/mol. The summed E-state index contributed by atoms with van der Waals surface area (Å²) >= 11 is 0. The van der Waals surface area contributed by atoms with Crippen LogP contribution in [0.2, 0.25) is 0 Å². The lowest BCUT2D eigenvalue weighted by atomic mass is 9.83. The summed E-state index contributed by atoms with van der Waals surface area (Å²) < 4.78 is 28.7. The Kier molecular flexibility index (Phi) is 5.34.